The first-order chi connectivity index (χ1) is 14.7. The van der Waals surface area contributed by atoms with E-state index in [4.69, 9.17) is 9.47 Å². The molecule has 0 saturated heterocycles. The lowest BCUT2D eigenvalue weighted by molar-refractivity contribution is -0.150. The average Bonchev–Trinajstić information content (AvgIpc) is 3.11. The molecule has 0 spiro atoms. The van der Waals surface area contributed by atoms with Crippen molar-refractivity contribution < 1.29 is 33.0 Å². The lowest BCUT2D eigenvalue weighted by Crippen LogP contribution is -2.37. The summed E-state index contributed by atoms with van der Waals surface area (Å²) in [7, 11) is 0. The van der Waals surface area contributed by atoms with Crippen LogP contribution in [0.1, 0.15) is 31.4 Å². The van der Waals surface area contributed by atoms with Gasteiger partial charge in [0, 0.05) is 32.5 Å². The normalized spacial score (nSPS) is 18.1. The average molecular weight is 430 g/mol. The van der Waals surface area contributed by atoms with Gasteiger partial charge in [0.25, 0.3) is 5.91 Å². The van der Waals surface area contributed by atoms with Crippen molar-refractivity contribution in [3.8, 4) is 0 Å². The standard InChI is InChI=1S/C22H23FN2O6/c1-13(26)24-11-17-10-19(22(29)31-17)16-3-4-18(20(23)9-16)15-5-7-25(8-6-15)21(28)12-30-14(2)27/h3-5,9-10,17H,6-8,11-12H2,1-2H3,(H,24,26)/t17-/m1/s1. The third-order valence-corrected chi connectivity index (χ3v) is 4.97. The Morgan fingerprint density at radius 3 is 2.68 bits per heavy atom. The van der Waals surface area contributed by atoms with Crippen LogP contribution in [0.5, 0.6) is 0 Å². The van der Waals surface area contributed by atoms with Crippen LogP contribution in [0.4, 0.5) is 4.39 Å². The molecular formula is C22H23FN2O6. The third kappa shape index (κ3) is 5.56. The molecule has 0 fully saturated rings. The highest BCUT2D eigenvalue weighted by Gasteiger charge is 2.27. The highest BCUT2D eigenvalue weighted by atomic mass is 19.1. The van der Waals surface area contributed by atoms with Crippen LogP contribution in [0.3, 0.4) is 0 Å². The molecule has 3 rings (SSSR count). The summed E-state index contributed by atoms with van der Waals surface area (Å²) in [4.78, 5) is 47.5. The fraction of sp³-hybridized carbons (Fsp3) is 0.364. The first kappa shape index (κ1) is 22.2. The molecule has 0 unspecified atom stereocenters. The van der Waals surface area contributed by atoms with Gasteiger partial charge in [-0.2, -0.15) is 0 Å². The Kier molecular flexibility index (Phi) is 6.84. The van der Waals surface area contributed by atoms with Gasteiger partial charge in [-0.1, -0.05) is 18.2 Å². The number of hydrogen-bond acceptors (Lipinski definition) is 6. The molecule has 2 heterocycles. The lowest BCUT2D eigenvalue weighted by Gasteiger charge is -2.26. The summed E-state index contributed by atoms with van der Waals surface area (Å²) < 4.78 is 24.7. The van der Waals surface area contributed by atoms with Crippen molar-refractivity contribution in [2.45, 2.75) is 26.4 Å². The maximum Gasteiger partial charge on any atom is 0.339 e. The maximum absolute atomic E-state index is 14.8. The third-order valence-electron chi connectivity index (χ3n) is 4.97. The van der Waals surface area contributed by atoms with Crippen molar-refractivity contribution in [1.29, 1.82) is 0 Å². The molecule has 1 aromatic rings. The van der Waals surface area contributed by atoms with Crippen molar-refractivity contribution in [2.75, 3.05) is 26.2 Å². The fourth-order valence-corrected chi connectivity index (χ4v) is 3.39. The number of cyclic esters (lactones) is 1. The minimum Gasteiger partial charge on any atom is -0.456 e. The van der Waals surface area contributed by atoms with Crippen LogP contribution in [0, 0.1) is 5.82 Å². The van der Waals surface area contributed by atoms with E-state index in [0.717, 1.165) is 5.57 Å². The predicted octanol–water partition coefficient (Wildman–Crippen LogP) is 1.45. The number of halogens is 1. The Morgan fingerprint density at radius 1 is 1.29 bits per heavy atom. The number of amides is 2. The van der Waals surface area contributed by atoms with Gasteiger partial charge < -0.3 is 19.7 Å². The second-order valence-electron chi connectivity index (χ2n) is 7.26. The molecule has 1 N–H and O–H groups in total. The Labute approximate surface area is 178 Å². The molecule has 0 bridgehead atoms. The van der Waals surface area contributed by atoms with E-state index in [9.17, 15) is 23.6 Å². The van der Waals surface area contributed by atoms with Crippen molar-refractivity contribution in [1.82, 2.24) is 10.2 Å². The van der Waals surface area contributed by atoms with Crippen LogP contribution in [0.15, 0.2) is 30.4 Å². The van der Waals surface area contributed by atoms with Crippen molar-refractivity contribution in [2.24, 2.45) is 0 Å². The molecule has 31 heavy (non-hydrogen) atoms. The first-order valence-electron chi connectivity index (χ1n) is 9.82. The van der Waals surface area contributed by atoms with E-state index in [1.165, 1.54) is 24.8 Å². The van der Waals surface area contributed by atoms with E-state index in [0.29, 0.717) is 30.6 Å². The van der Waals surface area contributed by atoms with E-state index in [-0.39, 0.29) is 30.5 Å². The molecule has 0 radical (unpaired) electrons. The fourth-order valence-electron chi connectivity index (χ4n) is 3.39. The summed E-state index contributed by atoms with van der Waals surface area (Å²) >= 11 is 0. The molecule has 164 valence electrons. The quantitative estimate of drug-likeness (QED) is 0.686. The molecule has 2 amide bonds. The summed E-state index contributed by atoms with van der Waals surface area (Å²) in [6, 6.07) is 4.52. The lowest BCUT2D eigenvalue weighted by atomic mass is 9.96. The van der Waals surface area contributed by atoms with Crippen molar-refractivity contribution in [3.63, 3.8) is 0 Å². The monoisotopic (exact) mass is 430 g/mol. The Bertz CT molecular complexity index is 984. The number of esters is 2. The Balaban J connectivity index is 1.68. The number of ether oxygens (including phenoxy) is 2. The second kappa shape index (κ2) is 9.55. The number of nitrogens with zero attached hydrogens (tertiary/aromatic N) is 1. The summed E-state index contributed by atoms with van der Waals surface area (Å²) in [5, 5.41) is 2.57. The SMILES string of the molecule is CC(=O)NC[C@H]1C=C(c2ccc(C3=CCN(C(=O)COC(C)=O)CC3)c(F)c2)C(=O)O1. The minimum atomic E-state index is -0.592. The summed E-state index contributed by atoms with van der Waals surface area (Å²) in [5.41, 5.74) is 1.80. The van der Waals surface area contributed by atoms with E-state index >= 15 is 0 Å². The molecule has 1 atom stereocenters. The number of nitrogens with one attached hydrogen (secondary N) is 1. The van der Waals surface area contributed by atoms with Crippen LogP contribution in [0.25, 0.3) is 11.1 Å². The van der Waals surface area contributed by atoms with Crippen LogP contribution >= 0.6 is 0 Å². The topological polar surface area (TPSA) is 102 Å². The number of hydrogen-bond donors (Lipinski definition) is 1. The van der Waals surface area contributed by atoms with Crippen LogP contribution in [0.2, 0.25) is 0 Å². The zero-order valence-corrected chi connectivity index (χ0v) is 17.3. The molecule has 0 aromatic heterocycles. The van der Waals surface area contributed by atoms with Gasteiger partial charge in [-0.15, -0.1) is 0 Å². The molecular weight excluding hydrogens is 407 g/mol. The molecule has 1 aromatic carbocycles. The van der Waals surface area contributed by atoms with Crippen LogP contribution < -0.4 is 5.32 Å². The predicted molar refractivity (Wildman–Crippen MR) is 109 cm³/mol. The second-order valence-corrected chi connectivity index (χ2v) is 7.26. The van der Waals surface area contributed by atoms with Gasteiger partial charge in [0.15, 0.2) is 6.61 Å². The van der Waals surface area contributed by atoms with Crippen LogP contribution in [-0.2, 0) is 28.7 Å². The summed E-state index contributed by atoms with van der Waals surface area (Å²) in [6.45, 7) is 3.12. The Hall–Kier alpha value is -3.49. The maximum atomic E-state index is 14.8. The molecule has 0 saturated carbocycles. The zero-order valence-electron chi connectivity index (χ0n) is 17.3. The van der Waals surface area contributed by atoms with E-state index < -0.39 is 23.9 Å². The Morgan fingerprint density at radius 2 is 2.06 bits per heavy atom. The largest absolute Gasteiger partial charge is 0.456 e. The smallest absolute Gasteiger partial charge is 0.339 e. The number of carbonyl (C=O) groups is 4. The van der Waals surface area contributed by atoms with Gasteiger partial charge in [0.2, 0.25) is 5.91 Å². The first-order valence-corrected chi connectivity index (χ1v) is 9.82. The number of carbonyl (C=O) groups excluding carboxylic acids is 4. The van der Waals surface area contributed by atoms with E-state index in [2.05, 4.69) is 5.32 Å². The molecule has 8 nitrogen and oxygen atoms in total. The zero-order chi connectivity index (χ0) is 22.5. The van der Waals surface area contributed by atoms with E-state index in [1.807, 2.05) is 0 Å². The van der Waals surface area contributed by atoms with E-state index in [1.54, 1.807) is 24.3 Å². The van der Waals surface area contributed by atoms with Gasteiger partial charge in [0.1, 0.15) is 11.9 Å². The van der Waals surface area contributed by atoms with Crippen LogP contribution in [-0.4, -0.2) is 61.0 Å². The number of benzene rings is 1. The van der Waals surface area contributed by atoms with Gasteiger partial charge in [0.05, 0.1) is 12.1 Å². The van der Waals surface area contributed by atoms with Gasteiger partial charge in [-0.3, -0.25) is 14.4 Å². The van der Waals surface area contributed by atoms with Crippen molar-refractivity contribution in [3.05, 3.63) is 47.3 Å². The highest BCUT2D eigenvalue weighted by molar-refractivity contribution is 6.18. The molecule has 2 aliphatic rings. The summed E-state index contributed by atoms with van der Waals surface area (Å²) in [5.74, 6) is -2.11. The molecule has 9 heteroatoms. The minimum absolute atomic E-state index is 0.157. The van der Waals surface area contributed by atoms with Gasteiger partial charge in [-0.05, 0) is 29.7 Å². The highest BCUT2D eigenvalue weighted by Crippen LogP contribution is 2.29. The summed E-state index contributed by atoms with van der Waals surface area (Å²) in [6.07, 6.45) is 3.19. The van der Waals surface area contributed by atoms with Gasteiger partial charge >= 0.3 is 11.9 Å². The van der Waals surface area contributed by atoms with Crippen molar-refractivity contribution >= 4 is 34.9 Å². The molecule has 2 aliphatic heterocycles. The van der Waals surface area contributed by atoms with Gasteiger partial charge in [-0.25, -0.2) is 9.18 Å². The molecule has 0 aliphatic carbocycles. The number of rotatable bonds is 6.